The van der Waals surface area contributed by atoms with Crippen LogP contribution in [0.1, 0.15) is 83.9 Å². The number of esters is 1. The zero-order chi connectivity index (χ0) is 29.3. The lowest BCUT2D eigenvalue weighted by Crippen LogP contribution is -2.57. The molecule has 3 rings (SSSR count). The molecule has 1 aliphatic heterocycles. The number of ether oxygens (including phenoxy) is 2. The van der Waals surface area contributed by atoms with Gasteiger partial charge in [-0.2, -0.15) is 0 Å². The molecule has 1 fully saturated rings. The number of nitrogens with zero attached hydrogens (tertiary/aromatic N) is 1. The van der Waals surface area contributed by atoms with Crippen molar-refractivity contribution < 1.29 is 27.5 Å². The number of rotatable bonds is 8. The van der Waals surface area contributed by atoms with Crippen LogP contribution in [-0.4, -0.2) is 53.4 Å². The molecule has 0 radical (unpaired) electrons. The second-order valence-electron chi connectivity index (χ2n) is 11.7. The Balaban J connectivity index is 2.17. The van der Waals surface area contributed by atoms with Gasteiger partial charge in [0.2, 0.25) is 0 Å². The summed E-state index contributed by atoms with van der Waals surface area (Å²) in [5.74, 6) is -1.29. The second kappa shape index (κ2) is 12.1. The van der Waals surface area contributed by atoms with Crippen molar-refractivity contribution in [2.24, 2.45) is 0 Å². The Morgan fingerprint density at radius 3 is 2.31 bits per heavy atom. The maximum absolute atomic E-state index is 14.1. The molecule has 0 N–H and O–H groups in total. The lowest BCUT2D eigenvalue weighted by atomic mass is 9.93. The van der Waals surface area contributed by atoms with Gasteiger partial charge in [0.25, 0.3) is 5.91 Å². The number of hydrogen-bond acceptors (Lipinski definition) is 7. The molecule has 3 unspecified atom stereocenters. The van der Waals surface area contributed by atoms with Crippen LogP contribution in [0.25, 0.3) is 0 Å². The SMILES string of the molecule is CC[C@@H](CS(=O)(=O)C(C)(C)C)N1C(=O)C(CC(=O)OC(C)(C)C)OC(c2cccc(Cl)c2)C1c1ccc(Cl)s1. The molecule has 0 aliphatic carbocycles. The predicted molar refractivity (Wildman–Crippen MR) is 156 cm³/mol. The minimum Gasteiger partial charge on any atom is -0.460 e. The standard InChI is InChI=1S/C28H37Cl2NO6S2/c1-8-19(16-39(34,35)28(5,6)7)31-24(21-12-13-22(30)38-21)25(17-10-9-11-18(29)14-17)36-20(26(31)33)15-23(32)37-27(2,3)4/h9-14,19-20,24-25H,8,15-16H2,1-7H3/t19-,20?,24?,25?/m0/s1. The smallest absolute Gasteiger partial charge is 0.309 e. The van der Waals surface area contributed by atoms with Gasteiger partial charge >= 0.3 is 5.97 Å². The summed E-state index contributed by atoms with van der Waals surface area (Å²) in [6, 6.07) is 9.28. The second-order valence-corrected chi connectivity index (χ2v) is 16.6. The first-order valence-corrected chi connectivity index (χ1v) is 16.1. The van der Waals surface area contributed by atoms with Crippen LogP contribution in [0.2, 0.25) is 9.36 Å². The third-order valence-electron chi connectivity index (χ3n) is 6.47. The Hall–Kier alpha value is -1.65. The molecule has 1 aromatic heterocycles. The number of thiophene rings is 1. The molecule has 39 heavy (non-hydrogen) atoms. The monoisotopic (exact) mass is 617 g/mol. The van der Waals surface area contributed by atoms with Crippen molar-refractivity contribution in [3.63, 3.8) is 0 Å². The summed E-state index contributed by atoms with van der Waals surface area (Å²) < 4.78 is 38.1. The van der Waals surface area contributed by atoms with E-state index in [-0.39, 0.29) is 12.2 Å². The van der Waals surface area contributed by atoms with Gasteiger partial charge < -0.3 is 14.4 Å². The molecule has 1 saturated heterocycles. The average Bonchev–Trinajstić information content (AvgIpc) is 3.22. The van der Waals surface area contributed by atoms with Crippen molar-refractivity contribution in [1.82, 2.24) is 4.90 Å². The number of sulfone groups is 1. The molecular formula is C28H37Cl2NO6S2. The summed E-state index contributed by atoms with van der Waals surface area (Å²) in [6.07, 6.45) is -1.86. The molecule has 2 aromatic rings. The molecule has 0 spiro atoms. The minimum absolute atomic E-state index is 0.240. The summed E-state index contributed by atoms with van der Waals surface area (Å²) in [4.78, 5) is 29.3. The maximum atomic E-state index is 14.1. The van der Waals surface area contributed by atoms with Gasteiger partial charge in [-0.25, -0.2) is 8.42 Å². The third kappa shape index (κ3) is 7.76. The quantitative estimate of drug-likeness (QED) is 0.303. The molecular weight excluding hydrogens is 581 g/mol. The Labute approximate surface area is 245 Å². The average molecular weight is 619 g/mol. The third-order valence-corrected chi connectivity index (χ3v) is 10.7. The number of halogens is 2. The lowest BCUT2D eigenvalue weighted by Gasteiger charge is -2.47. The molecule has 0 bridgehead atoms. The fourth-order valence-corrected chi connectivity index (χ4v) is 7.24. The van der Waals surface area contributed by atoms with E-state index in [0.717, 1.165) is 4.88 Å². The molecule has 216 valence electrons. The van der Waals surface area contributed by atoms with Crippen LogP contribution in [0.15, 0.2) is 36.4 Å². The highest BCUT2D eigenvalue weighted by Crippen LogP contribution is 2.47. The highest BCUT2D eigenvalue weighted by Gasteiger charge is 2.49. The van der Waals surface area contributed by atoms with Crippen molar-refractivity contribution in [2.75, 3.05) is 5.75 Å². The van der Waals surface area contributed by atoms with E-state index >= 15 is 0 Å². The van der Waals surface area contributed by atoms with Gasteiger partial charge in [0.1, 0.15) is 17.8 Å². The van der Waals surface area contributed by atoms with Crippen molar-refractivity contribution in [3.05, 3.63) is 56.2 Å². The molecule has 11 heteroatoms. The highest BCUT2D eigenvalue weighted by molar-refractivity contribution is 7.92. The van der Waals surface area contributed by atoms with Crippen LogP contribution in [0.3, 0.4) is 0 Å². The Morgan fingerprint density at radius 1 is 1.13 bits per heavy atom. The van der Waals surface area contributed by atoms with Gasteiger partial charge in [-0.1, -0.05) is 42.3 Å². The number of benzene rings is 1. The number of carbonyl (C=O) groups is 2. The zero-order valence-corrected chi connectivity index (χ0v) is 26.5. The normalized spacial score (nSPS) is 21.6. The van der Waals surface area contributed by atoms with Gasteiger partial charge in [0.05, 0.1) is 27.3 Å². The number of morpholine rings is 1. The molecule has 4 atom stereocenters. The van der Waals surface area contributed by atoms with E-state index in [0.29, 0.717) is 21.3 Å². The van der Waals surface area contributed by atoms with Crippen LogP contribution in [0.4, 0.5) is 0 Å². The van der Waals surface area contributed by atoms with Crippen molar-refractivity contribution in [2.45, 2.75) is 95.9 Å². The highest BCUT2D eigenvalue weighted by atomic mass is 35.5. The van der Waals surface area contributed by atoms with Gasteiger partial charge in [0, 0.05) is 15.9 Å². The summed E-state index contributed by atoms with van der Waals surface area (Å²) in [5.41, 5.74) is -0.0543. The molecule has 0 saturated carbocycles. The minimum atomic E-state index is -3.61. The van der Waals surface area contributed by atoms with Gasteiger partial charge in [0.15, 0.2) is 9.84 Å². The van der Waals surface area contributed by atoms with Crippen LogP contribution >= 0.6 is 34.5 Å². The summed E-state index contributed by atoms with van der Waals surface area (Å²) in [7, 11) is -3.61. The van der Waals surface area contributed by atoms with Gasteiger partial charge in [-0.15, -0.1) is 11.3 Å². The first-order valence-electron chi connectivity index (χ1n) is 12.9. The van der Waals surface area contributed by atoms with Crippen molar-refractivity contribution >= 4 is 56.3 Å². The topological polar surface area (TPSA) is 90.0 Å². The van der Waals surface area contributed by atoms with Gasteiger partial charge in [-0.05, 0) is 77.8 Å². The lowest BCUT2D eigenvalue weighted by molar-refractivity contribution is -0.185. The van der Waals surface area contributed by atoms with E-state index in [1.807, 2.05) is 19.1 Å². The fraction of sp³-hybridized carbons (Fsp3) is 0.571. The van der Waals surface area contributed by atoms with Gasteiger partial charge in [-0.3, -0.25) is 9.59 Å². The molecule has 7 nitrogen and oxygen atoms in total. The summed E-state index contributed by atoms with van der Waals surface area (Å²) in [6.45, 7) is 12.0. The zero-order valence-electron chi connectivity index (χ0n) is 23.4. The van der Waals surface area contributed by atoms with E-state index in [1.54, 1.807) is 70.7 Å². The van der Waals surface area contributed by atoms with Crippen LogP contribution in [0.5, 0.6) is 0 Å². The van der Waals surface area contributed by atoms with E-state index in [9.17, 15) is 18.0 Å². The number of hydrogen-bond donors (Lipinski definition) is 0. The Kier molecular flexibility index (Phi) is 9.86. The largest absolute Gasteiger partial charge is 0.460 e. The molecule has 1 amide bonds. The molecule has 1 aromatic carbocycles. The van der Waals surface area contributed by atoms with Crippen LogP contribution in [-0.2, 0) is 28.9 Å². The summed E-state index contributed by atoms with van der Waals surface area (Å²) >= 11 is 14.0. The van der Waals surface area contributed by atoms with Crippen molar-refractivity contribution in [1.29, 1.82) is 0 Å². The Morgan fingerprint density at radius 2 is 1.79 bits per heavy atom. The first-order chi connectivity index (χ1) is 17.9. The number of carbonyl (C=O) groups excluding carboxylic acids is 2. The van der Waals surface area contributed by atoms with Crippen molar-refractivity contribution in [3.8, 4) is 0 Å². The first kappa shape index (κ1) is 31.9. The predicted octanol–water partition coefficient (Wildman–Crippen LogP) is 6.79. The van der Waals surface area contributed by atoms with Crippen LogP contribution < -0.4 is 0 Å². The molecule has 2 heterocycles. The maximum Gasteiger partial charge on any atom is 0.309 e. The van der Waals surface area contributed by atoms with E-state index in [4.69, 9.17) is 32.7 Å². The van der Waals surface area contributed by atoms with E-state index < -0.39 is 56.4 Å². The van der Waals surface area contributed by atoms with E-state index in [1.165, 1.54) is 11.3 Å². The fourth-order valence-electron chi connectivity index (χ4n) is 4.45. The number of amides is 1. The Bertz CT molecular complexity index is 1300. The molecule has 1 aliphatic rings. The van der Waals surface area contributed by atoms with Crippen LogP contribution in [0, 0.1) is 0 Å². The summed E-state index contributed by atoms with van der Waals surface area (Å²) in [5, 5.41) is 0.480. The van der Waals surface area contributed by atoms with E-state index in [2.05, 4.69) is 0 Å².